The third kappa shape index (κ3) is 2.42. The Morgan fingerprint density at radius 1 is 1.05 bits per heavy atom. The highest BCUT2D eigenvalue weighted by Gasteiger charge is 2.31. The normalized spacial score (nSPS) is 21.0. The van der Waals surface area contributed by atoms with Crippen molar-refractivity contribution in [2.24, 2.45) is 0 Å². The van der Waals surface area contributed by atoms with Gasteiger partial charge < -0.3 is 10.2 Å². The fourth-order valence-electron chi connectivity index (χ4n) is 3.54. The molecular weight excluding hydrogens is 272 g/mol. The van der Waals surface area contributed by atoms with E-state index in [1.807, 2.05) is 23.1 Å². The summed E-state index contributed by atoms with van der Waals surface area (Å²) in [4.78, 5) is 14.4. The summed E-state index contributed by atoms with van der Waals surface area (Å²) in [5.74, 6) is 0.550. The number of carbonyl (C=O) groups is 1. The smallest absolute Gasteiger partial charge is 0.227 e. The average molecular weight is 292 g/mol. The van der Waals surface area contributed by atoms with Crippen molar-refractivity contribution in [1.82, 2.24) is 5.32 Å². The molecule has 2 heterocycles. The van der Waals surface area contributed by atoms with Crippen LogP contribution in [0.2, 0.25) is 0 Å². The monoisotopic (exact) mass is 292 g/mol. The van der Waals surface area contributed by atoms with Gasteiger partial charge in [0.05, 0.1) is 0 Å². The second-order valence-electron chi connectivity index (χ2n) is 6.20. The minimum absolute atomic E-state index is 0.239. The first-order valence-electron chi connectivity index (χ1n) is 7.99. The Morgan fingerprint density at radius 3 is 2.77 bits per heavy atom. The molecule has 0 radical (unpaired) electrons. The van der Waals surface area contributed by atoms with Gasteiger partial charge in [0.2, 0.25) is 5.91 Å². The second-order valence-corrected chi connectivity index (χ2v) is 6.20. The van der Waals surface area contributed by atoms with Crippen LogP contribution in [0, 0.1) is 0 Å². The molecule has 0 saturated carbocycles. The van der Waals surface area contributed by atoms with Gasteiger partial charge in [0.1, 0.15) is 0 Å². The number of rotatable bonds is 2. The van der Waals surface area contributed by atoms with Crippen LogP contribution in [0.4, 0.5) is 5.69 Å². The Morgan fingerprint density at radius 2 is 1.91 bits per heavy atom. The molecule has 0 spiro atoms. The van der Waals surface area contributed by atoms with Gasteiger partial charge in [0, 0.05) is 31.1 Å². The zero-order valence-electron chi connectivity index (χ0n) is 12.6. The predicted octanol–water partition coefficient (Wildman–Crippen LogP) is 2.85. The third-order valence-corrected chi connectivity index (χ3v) is 4.78. The maximum absolute atomic E-state index is 12.4. The lowest BCUT2D eigenvalue weighted by Crippen LogP contribution is -2.26. The predicted molar refractivity (Wildman–Crippen MR) is 88.0 cm³/mol. The number of nitrogens with one attached hydrogen (secondary N) is 1. The van der Waals surface area contributed by atoms with Crippen molar-refractivity contribution in [3.8, 4) is 0 Å². The summed E-state index contributed by atoms with van der Waals surface area (Å²) in [6, 6.07) is 16.8. The van der Waals surface area contributed by atoms with E-state index in [0.29, 0.717) is 12.3 Å². The zero-order chi connectivity index (χ0) is 14.9. The molecule has 1 unspecified atom stereocenters. The fraction of sp³-hybridized carbons (Fsp3) is 0.316. The first-order valence-corrected chi connectivity index (χ1v) is 7.99. The number of nitrogens with zero attached hydrogens (tertiary/aromatic N) is 1. The first kappa shape index (κ1) is 13.5. The van der Waals surface area contributed by atoms with Crippen molar-refractivity contribution in [2.75, 3.05) is 18.0 Å². The number of hydrogen-bond donors (Lipinski definition) is 1. The minimum atomic E-state index is 0.239. The van der Waals surface area contributed by atoms with Gasteiger partial charge >= 0.3 is 0 Å². The topological polar surface area (TPSA) is 32.3 Å². The summed E-state index contributed by atoms with van der Waals surface area (Å²) in [6.07, 6.45) is 1.66. The second kappa shape index (κ2) is 5.58. The molecule has 3 heteroatoms. The molecule has 3 nitrogen and oxygen atoms in total. The SMILES string of the molecule is O=C1CC(c2ccccc2)CN1c1ccc2c(c1)CCNC2. The summed E-state index contributed by atoms with van der Waals surface area (Å²) in [7, 11) is 0. The van der Waals surface area contributed by atoms with Crippen LogP contribution < -0.4 is 10.2 Å². The Hall–Kier alpha value is -2.13. The Balaban J connectivity index is 1.59. The Bertz CT molecular complexity index is 696. The molecule has 2 aliphatic rings. The summed E-state index contributed by atoms with van der Waals surface area (Å²) >= 11 is 0. The molecule has 2 aliphatic heterocycles. The highest BCUT2D eigenvalue weighted by atomic mass is 16.2. The van der Waals surface area contributed by atoms with Gasteiger partial charge in [-0.3, -0.25) is 4.79 Å². The van der Waals surface area contributed by atoms with Gasteiger partial charge in [0.25, 0.3) is 0 Å². The third-order valence-electron chi connectivity index (χ3n) is 4.78. The van der Waals surface area contributed by atoms with E-state index in [-0.39, 0.29) is 5.91 Å². The summed E-state index contributed by atoms with van der Waals surface area (Å²) in [5, 5.41) is 3.39. The van der Waals surface area contributed by atoms with Gasteiger partial charge in [-0.1, -0.05) is 36.4 Å². The summed E-state index contributed by atoms with van der Waals surface area (Å²) in [6.45, 7) is 2.76. The number of hydrogen-bond acceptors (Lipinski definition) is 2. The molecule has 22 heavy (non-hydrogen) atoms. The molecule has 1 saturated heterocycles. The van der Waals surface area contributed by atoms with Crippen LogP contribution in [0.3, 0.4) is 0 Å². The Labute approximate surface area is 131 Å². The van der Waals surface area contributed by atoms with Gasteiger partial charge in [-0.15, -0.1) is 0 Å². The van der Waals surface area contributed by atoms with Crippen molar-refractivity contribution < 1.29 is 4.79 Å². The van der Waals surface area contributed by atoms with Crippen LogP contribution in [0.25, 0.3) is 0 Å². The van der Waals surface area contributed by atoms with Crippen molar-refractivity contribution >= 4 is 11.6 Å². The van der Waals surface area contributed by atoms with Crippen LogP contribution in [0.15, 0.2) is 48.5 Å². The van der Waals surface area contributed by atoms with Crippen LogP contribution in [-0.4, -0.2) is 19.0 Å². The largest absolute Gasteiger partial charge is 0.312 e. The average Bonchev–Trinajstić information content (AvgIpc) is 2.97. The van der Waals surface area contributed by atoms with Gasteiger partial charge in [-0.25, -0.2) is 0 Å². The van der Waals surface area contributed by atoms with E-state index in [9.17, 15) is 4.79 Å². The number of benzene rings is 2. The van der Waals surface area contributed by atoms with Crippen LogP contribution in [-0.2, 0) is 17.8 Å². The van der Waals surface area contributed by atoms with Crippen LogP contribution in [0.1, 0.15) is 29.0 Å². The summed E-state index contributed by atoms with van der Waals surface area (Å²) in [5.41, 5.74) is 5.07. The molecule has 1 N–H and O–H groups in total. The van der Waals surface area contributed by atoms with E-state index in [2.05, 4.69) is 35.6 Å². The van der Waals surface area contributed by atoms with Gasteiger partial charge in [-0.05, 0) is 41.8 Å². The molecule has 1 fully saturated rings. The van der Waals surface area contributed by atoms with Gasteiger partial charge in [0.15, 0.2) is 0 Å². The first-order chi connectivity index (χ1) is 10.8. The van der Waals surface area contributed by atoms with Gasteiger partial charge in [-0.2, -0.15) is 0 Å². The summed E-state index contributed by atoms with van der Waals surface area (Å²) < 4.78 is 0. The van der Waals surface area contributed by atoms with E-state index >= 15 is 0 Å². The van der Waals surface area contributed by atoms with Crippen LogP contribution >= 0.6 is 0 Å². The lowest BCUT2D eigenvalue weighted by atomic mass is 9.98. The quantitative estimate of drug-likeness (QED) is 0.923. The van der Waals surface area contributed by atoms with E-state index in [0.717, 1.165) is 31.7 Å². The fourth-order valence-corrected chi connectivity index (χ4v) is 3.54. The number of amides is 1. The number of fused-ring (bicyclic) bond motifs is 1. The molecule has 0 aromatic heterocycles. The molecule has 0 bridgehead atoms. The molecule has 4 rings (SSSR count). The molecule has 1 atom stereocenters. The maximum Gasteiger partial charge on any atom is 0.227 e. The lowest BCUT2D eigenvalue weighted by molar-refractivity contribution is -0.117. The molecule has 2 aromatic rings. The van der Waals surface area contributed by atoms with Crippen molar-refractivity contribution in [3.63, 3.8) is 0 Å². The Kier molecular flexibility index (Phi) is 3.43. The standard InChI is InChI=1S/C19H20N2O/c22-19-11-17(14-4-2-1-3-5-14)13-21(19)18-7-6-16-12-20-9-8-15(16)10-18/h1-7,10,17,20H,8-9,11-13H2. The van der Waals surface area contributed by atoms with E-state index in [1.165, 1.54) is 16.7 Å². The van der Waals surface area contributed by atoms with E-state index < -0.39 is 0 Å². The van der Waals surface area contributed by atoms with E-state index in [4.69, 9.17) is 0 Å². The molecule has 112 valence electrons. The van der Waals surface area contributed by atoms with E-state index in [1.54, 1.807) is 0 Å². The highest BCUT2D eigenvalue weighted by Crippen LogP contribution is 2.32. The molecule has 1 amide bonds. The maximum atomic E-state index is 12.4. The highest BCUT2D eigenvalue weighted by molar-refractivity contribution is 5.96. The van der Waals surface area contributed by atoms with Crippen molar-refractivity contribution in [2.45, 2.75) is 25.3 Å². The van der Waals surface area contributed by atoms with Crippen molar-refractivity contribution in [3.05, 3.63) is 65.2 Å². The number of carbonyl (C=O) groups excluding carboxylic acids is 1. The lowest BCUT2D eigenvalue weighted by Gasteiger charge is -2.22. The molecule has 0 aliphatic carbocycles. The minimum Gasteiger partial charge on any atom is -0.312 e. The molecular formula is C19H20N2O. The van der Waals surface area contributed by atoms with Crippen LogP contribution in [0.5, 0.6) is 0 Å². The number of anilines is 1. The zero-order valence-corrected chi connectivity index (χ0v) is 12.6. The van der Waals surface area contributed by atoms with Crippen molar-refractivity contribution in [1.29, 1.82) is 0 Å². The molecule has 2 aromatic carbocycles.